The van der Waals surface area contributed by atoms with E-state index in [9.17, 15) is 4.79 Å². The average molecular weight is 369 g/mol. The SMILES string of the molecule is CN(CC(=O)O)C1CCN(c2cnc3cc(Cl)c(Cl)cc3n2)CC1. The lowest BCUT2D eigenvalue weighted by atomic mass is 10.0. The number of carboxylic acids is 1. The molecule has 1 fully saturated rings. The van der Waals surface area contributed by atoms with Crippen molar-refractivity contribution in [2.24, 2.45) is 0 Å². The number of hydrogen-bond acceptors (Lipinski definition) is 5. The molecule has 0 atom stereocenters. The highest BCUT2D eigenvalue weighted by Gasteiger charge is 2.24. The summed E-state index contributed by atoms with van der Waals surface area (Å²) in [5.41, 5.74) is 1.43. The molecule has 8 heteroatoms. The van der Waals surface area contributed by atoms with Crippen LogP contribution in [0.25, 0.3) is 11.0 Å². The van der Waals surface area contributed by atoms with Crippen molar-refractivity contribution < 1.29 is 9.90 Å². The molecule has 6 nitrogen and oxygen atoms in total. The Morgan fingerprint density at radius 2 is 1.92 bits per heavy atom. The molecule has 0 spiro atoms. The lowest BCUT2D eigenvalue weighted by Crippen LogP contribution is -2.45. The first-order valence-electron chi connectivity index (χ1n) is 7.73. The maximum absolute atomic E-state index is 10.8. The Morgan fingerprint density at radius 3 is 2.54 bits per heavy atom. The van der Waals surface area contributed by atoms with Gasteiger partial charge in [0.15, 0.2) is 0 Å². The molecular weight excluding hydrogens is 351 g/mol. The molecule has 1 aromatic heterocycles. The molecular formula is C16H18Cl2N4O2. The number of nitrogens with zero attached hydrogens (tertiary/aromatic N) is 4. The molecule has 0 radical (unpaired) electrons. The van der Waals surface area contributed by atoms with Crippen LogP contribution < -0.4 is 4.90 Å². The van der Waals surface area contributed by atoms with Gasteiger partial charge < -0.3 is 10.0 Å². The van der Waals surface area contributed by atoms with Gasteiger partial charge in [-0.25, -0.2) is 4.98 Å². The summed E-state index contributed by atoms with van der Waals surface area (Å²) in [6.45, 7) is 1.70. The Balaban J connectivity index is 1.71. The number of aromatic nitrogens is 2. The van der Waals surface area contributed by atoms with Crippen molar-refractivity contribution in [3.05, 3.63) is 28.4 Å². The van der Waals surface area contributed by atoms with Gasteiger partial charge >= 0.3 is 5.97 Å². The van der Waals surface area contributed by atoms with Crippen molar-refractivity contribution in [1.29, 1.82) is 0 Å². The Hall–Kier alpha value is -1.63. The predicted octanol–water partition coefficient (Wildman–Crippen LogP) is 2.92. The summed E-state index contributed by atoms with van der Waals surface area (Å²) < 4.78 is 0. The summed E-state index contributed by atoms with van der Waals surface area (Å²) in [5.74, 6) is 0.0103. The van der Waals surface area contributed by atoms with Gasteiger partial charge in [0.05, 0.1) is 33.8 Å². The summed E-state index contributed by atoms with van der Waals surface area (Å²) in [7, 11) is 1.86. The molecule has 3 rings (SSSR count). The molecule has 1 saturated heterocycles. The number of carbonyl (C=O) groups is 1. The monoisotopic (exact) mass is 368 g/mol. The third-order valence-electron chi connectivity index (χ3n) is 4.37. The van der Waals surface area contributed by atoms with Crippen molar-refractivity contribution in [2.45, 2.75) is 18.9 Å². The molecule has 0 aliphatic carbocycles. The van der Waals surface area contributed by atoms with Crippen LogP contribution in [0.15, 0.2) is 18.3 Å². The van der Waals surface area contributed by atoms with Gasteiger partial charge in [-0.2, -0.15) is 0 Å². The zero-order valence-corrected chi connectivity index (χ0v) is 14.8. The molecule has 1 aliphatic rings. The molecule has 1 aliphatic heterocycles. The van der Waals surface area contributed by atoms with E-state index >= 15 is 0 Å². The average Bonchev–Trinajstić information content (AvgIpc) is 2.55. The van der Waals surface area contributed by atoms with E-state index in [-0.39, 0.29) is 12.6 Å². The number of rotatable bonds is 4. The van der Waals surface area contributed by atoms with Crippen LogP contribution in [0.3, 0.4) is 0 Å². The van der Waals surface area contributed by atoms with Crippen LogP contribution in [0, 0.1) is 0 Å². The van der Waals surface area contributed by atoms with Gasteiger partial charge in [-0.3, -0.25) is 14.7 Å². The number of fused-ring (bicyclic) bond motifs is 1. The topological polar surface area (TPSA) is 69.6 Å². The van der Waals surface area contributed by atoms with E-state index in [0.29, 0.717) is 21.1 Å². The highest BCUT2D eigenvalue weighted by molar-refractivity contribution is 6.42. The standard InChI is InChI=1S/C16H18Cl2N4O2/c1-21(9-16(23)24)10-2-4-22(5-3-10)15-8-19-13-6-11(17)12(18)7-14(13)20-15/h6-8,10H,2-5,9H2,1H3,(H,23,24). The summed E-state index contributed by atoms with van der Waals surface area (Å²) in [6.07, 6.45) is 3.53. The van der Waals surface area contributed by atoms with Crippen LogP contribution in [0.4, 0.5) is 5.82 Å². The van der Waals surface area contributed by atoms with Crippen LogP contribution in [0.2, 0.25) is 10.0 Å². The van der Waals surface area contributed by atoms with Gasteiger partial charge in [0.1, 0.15) is 5.82 Å². The number of aliphatic carboxylic acids is 1. The van der Waals surface area contributed by atoms with Gasteiger partial charge in [0, 0.05) is 19.1 Å². The van der Waals surface area contributed by atoms with Crippen LogP contribution in [-0.2, 0) is 4.79 Å². The lowest BCUT2D eigenvalue weighted by Gasteiger charge is -2.36. The van der Waals surface area contributed by atoms with Gasteiger partial charge in [0.25, 0.3) is 0 Å². The minimum atomic E-state index is -0.795. The zero-order chi connectivity index (χ0) is 17.3. The van der Waals surface area contributed by atoms with Crippen molar-refractivity contribution in [3.63, 3.8) is 0 Å². The second kappa shape index (κ2) is 7.09. The van der Waals surface area contributed by atoms with Gasteiger partial charge in [0.2, 0.25) is 0 Å². The first-order chi connectivity index (χ1) is 11.4. The molecule has 24 heavy (non-hydrogen) atoms. The molecule has 0 bridgehead atoms. The fourth-order valence-corrected chi connectivity index (χ4v) is 3.34. The summed E-state index contributed by atoms with van der Waals surface area (Å²) >= 11 is 12.1. The molecule has 2 heterocycles. The van der Waals surface area contributed by atoms with E-state index in [0.717, 1.165) is 31.7 Å². The molecule has 0 saturated carbocycles. The van der Waals surface area contributed by atoms with E-state index in [1.807, 2.05) is 11.9 Å². The summed E-state index contributed by atoms with van der Waals surface area (Å²) in [6, 6.07) is 3.71. The van der Waals surface area contributed by atoms with Gasteiger partial charge in [-0.15, -0.1) is 0 Å². The molecule has 128 valence electrons. The predicted molar refractivity (Wildman–Crippen MR) is 95.1 cm³/mol. The normalized spacial score (nSPS) is 16.1. The van der Waals surface area contributed by atoms with Crippen LogP contribution in [0.5, 0.6) is 0 Å². The van der Waals surface area contributed by atoms with E-state index in [1.165, 1.54) is 0 Å². The molecule has 0 amide bonds. The molecule has 2 aromatic rings. The Bertz CT molecular complexity index is 763. The van der Waals surface area contributed by atoms with Crippen LogP contribution in [-0.4, -0.2) is 58.7 Å². The number of carboxylic acid groups (broad SMARTS) is 1. The first-order valence-corrected chi connectivity index (χ1v) is 8.48. The lowest BCUT2D eigenvalue weighted by molar-refractivity contribution is -0.138. The second-order valence-corrected chi connectivity index (χ2v) is 6.82. The van der Waals surface area contributed by atoms with E-state index in [1.54, 1.807) is 18.3 Å². The van der Waals surface area contributed by atoms with Crippen molar-refractivity contribution in [3.8, 4) is 0 Å². The van der Waals surface area contributed by atoms with E-state index in [2.05, 4.69) is 14.9 Å². The number of halogens is 2. The Kier molecular flexibility index (Phi) is 5.08. The fourth-order valence-electron chi connectivity index (χ4n) is 3.03. The Labute approximate surface area is 150 Å². The number of likely N-dealkylation sites (N-methyl/N-ethyl adjacent to an activating group) is 1. The largest absolute Gasteiger partial charge is 0.480 e. The maximum Gasteiger partial charge on any atom is 0.317 e. The number of hydrogen-bond donors (Lipinski definition) is 1. The summed E-state index contributed by atoms with van der Waals surface area (Å²) in [4.78, 5) is 23.9. The number of piperidine rings is 1. The first kappa shape index (κ1) is 17.2. The second-order valence-electron chi connectivity index (χ2n) is 6.01. The highest BCUT2D eigenvalue weighted by atomic mass is 35.5. The minimum Gasteiger partial charge on any atom is -0.480 e. The third kappa shape index (κ3) is 3.71. The zero-order valence-electron chi connectivity index (χ0n) is 13.2. The quantitative estimate of drug-likeness (QED) is 0.894. The maximum atomic E-state index is 10.8. The van der Waals surface area contributed by atoms with Crippen molar-refractivity contribution in [2.75, 3.05) is 31.6 Å². The van der Waals surface area contributed by atoms with Crippen LogP contribution in [0.1, 0.15) is 12.8 Å². The van der Waals surface area contributed by atoms with Crippen molar-refractivity contribution in [1.82, 2.24) is 14.9 Å². The number of benzene rings is 1. The molecule has 1 aromatic carbocycles. The van der Waals surface area contributed by atoms with E-state index < -0.39 is 5.97 Å². The van der Waals surface area contributed by atoms with Crippen molar-refractivity contribution >= 4 is 46.0 Å². The van der Waals surface area contributed by atoms with Crippen LogP contribution >= 0.6 is 23.2 Å². The molecule has 1 N–H and O–H groups in total. The minimum absolute atomic E-state index is 0.0692. The smallest absolute Gasteiger partial charge is 0.317 e. The Morgan fingerprint density at radius 1 is 1.29 bits per heavy atom. The van der Waals surface area contributed by atoms with Gasteiger partial charge in [-0.1, -0.05) is 23.2 Å². The molecule has 0 unspecified atom stereocenters. The third-order valence-corrected chi connectivity index (χ3v) is 5.09. The summed E-state index contributed by atoms with van der Waals surface area (Å²) in [5, 5.41) is 9.83. The van der Waals surface area contributed by atoms with Gasteiger partial charge in [-0.05, 0) is 32.0 Å². The van der Waals surface area contributed by atoms with E-state index in [4.69, 9.17) is 28.3 Å². The highest BCUT2D eigenvalue weighted by Crippen LogP contribution is 2.28. The fraction of sp³-hybridized carbons (Fsp3) is 0.438. The number of anilines is 1.